The molecule has 0 aromatic heterocycles. The molecule has 118 valence electrons. The van der Waals surface area contributed by atoms with E-state index in [1.54, 1.807) is 0 Å². The number of hydrogen-bond acceptors (Lipinski definition) is 2. The van der Waals surface area contributed by atoms with Crippen molar-refractivity contribution in [3.8, 4) is 0 Å². The van der Waals surface area contributed by atoms with Gasteiger partial charge in [0.25, 0.3) is 0 Å². The SMILES string of the molecule is CCC(C)(C(O)c1cc(C)c(C)cc1C)N1CCCCC1. The van der Waals surface area contributed by atoms with Gasteiger partial charge >= 0.3 is 0 Å². The highest BCUT2D eigenvalue weighted by Crippen LogP contribution is 2.37. The highest BCUT2D eigenvalue weighted by atomic mass is 16.3. The van der Waals surface area contributed by atoms with E-state index in [1.807, 2.05) is 0 Å². The summed E-state index contributed by atoms with van der Waals surface area (Å²) in [6.07, 6.45) is 4.40. The van der Waals surface area contributed by atoms with Crippen molar-refractivity contribution in [2.45, 2.75) is 71.9 Å². The number of likely N-dealkylation sites (tertiary alicyclic amines) is 1. The first-order valence-corrected chi connectivity index (χ1v) is 8.41. The summed E-state index contributed by atoms with van der Waals surface area (Å²) in [6, 6.07) is 4.40. The van der Waals surface area contributed by atoms with E-state index >= 15 is 0 Å². The van der Waals surface area contributed by atoms with E-state index in [2.05, 4.69) is 51.7 Å². The molecule has 2 rings (SSSR count). The Labute approximate surface area is 130 Å². The van der Waals surface area contributed by atoms with E-state index in [9.17, 15) is 5.11 Å². The lowest BCUT2D eigenvalue weighted by atomic mass is 9.81. The third-order valence-electron chi connectivity index (χ3n) is 5.56. The molecule has 1 aliphatic rings. The van der Waals surface area contributed by atoms with Crippen LogP contribution >= 0.6 is 0 Å². The van der Waals surface area contributed by atoms with Crippen LogP contribution in [0.25, 0.3) is 0 Å². The van der Waals surface area contributed by atoms with Crippen LogP contribution in [0.1, 0.15) is 67.9 Å². The molecule has 1 aliphatic heterocycles. The molecule has 0 amide bonds. The van der Waals surface area contributed by atoms with Crippen molar-refractivity contribution < 1.29 is 5.11 Å². The highest BCUT2D eigenvalue weighted by molar-refractivity contribution is 5.38. The summed E-state index contributed by atoms with van der Waals surface area (Å²) in [5, 5.41) is 11.1. The molecule has 21 heavy (non-hydrogen) atoms. The zero-order valence-corrected chi connectivity index (χ0v) is 14.4. The molecule has 0 aliphatic carbocycles. The van der Waals surface area contributed by atoms with E-state index < -0.39 is 6.10 Å². The van der Waals surface area contributed by atoms with Gasteiger partial charge in [0, 0.05) is 5.54 Å². The topological polar surface area (TPSA) is 23.5 Å². The fourth-order valence-corrected chi connectivity index (χ4v) is 3.61. The lowest BCUT2D eigenvalue weighted by Crippen LogP contribution is -2.52. The number of aliphatic hydroxyl groups is 1. The van der Waals surface area contributed by atoms with Gasteiger partial charge in [0.2, 0.25) is 0 Å². The first kappa shape index (κ1) is 16.5. The Morgan fingerprint density at radius 1 is 1.05 bits per heavy atom. The summed E-state index contributed by atoms with van der Waals surface area (Å²) in [7, 11) is 0. The van der Waals surface area contributed by atoms with Crippen LogP contribution in [0.2, 0.25) is 0 Å². The molecule has 2 heteroatoms. The summed E-state index contributed by atoms with van der Waals surface area (Å²) in [4.78, 5) is 2.51. The zero-order valence-electron chi connectivity index (χ0n) is 14.4. The van der Waals surface area contributed by atoms with Crippen molar-refractivity contribution >= 4 is 0 Å². The molecule has 2 nitrogen and oxygen atoms in total. The lowest BCUT2D eigenvalue weighted by Gasteiger charge is -2.46. The van der Waals surface area contributed by atoms with Crippen molar-refractivity contribution in [3.05, 3.63) is 34.4 Å². The van der Waals surface area contributed by atoms with Crippen LogP contribution in [-0.2, 0) is 0 Å². The first-order chi connectivity index (χ1) is 9.90. The van der Waals surface area contributed by atoms with Crippen LogP contribution < -0.4 is 0 Å². The minimum absolute atomic E-state index is 0.160. The number of piperidine rings is 1. The number of hydrogen-bond donors (Lipinski definition) is 1. The Bertz CT molecular complexity index is 491. The fourth-order valence-electron chi connectivity index (χ4n) is 3.61. The summed E-state index contributed by atoms with van der Waals surface area (Å²) in [6.45, 7) is 13.1. The van der Waals surface area contributed by atoms with Crippen molar-refractivity contribution in [1.82, 2.24) is 4.90 Å². The van der Waals surface area contributed by atoms with Crippen LogP contribution in [0.4, 0.5) is 0 Å². The number of rotatable bonds is 4. The molecule has 1 N–H and O–H groups in total. The molecule has 2 atom stereocenters. The van der Waals surface area contributed by atoms with Gasteiger partial charge < -0.3 is 5.11 Å². The van der Waals surface area contributed by atoms with Crippen LogP contribution in [0.15, 0.2) is 12.1 Å². The zero-order chi connectivity index (χ0) is 15.6. The molecule has 1 aromatic rings. The Hall–Kier alpha value is -0.860. The molecule has 0 spiro atoms. The van der Waals surface area contributed by atoms with E-state index in [0.717, 1.165) is 25.1 Å². The minimum Gasteiger partial charge on any atom is -0.386 e. The highest BCUT2D eigenvalue weighted by Gasteiger charge is 2.39. The van der Waals surface area contributed by atoms with Gasteiger partial charge in [-0.05, 0) is 82.3 Å². The van der Waals surface area contributed by atoms with Crippen LogP contribution in [0.3, 0.4) is 0 Å². The Morgan fingerprint density at radius 2 is 1.62 bits per heavy atom. The minimum atomic E-state index is -0.417. The van der Waals surface area contributed by atoms with Crippen LogP contribution in [0, 0.1) is 20.8 Å². The molecule has 1 saturated heterocycles. The largest absolute Gasteiger partial charge is 0.386 e. The maximum absolute atomic E-state index is 11.1. The number of aliphatic hydroxyl groups excluding tert-OH is 1. The molecule has 1 fully saturated rings. The van der Waals surface area contributed by atoms with E-state index in [4.69, 9.17) is 0 Å². The van der Waals surface area contributed by atoms with Crippen molar-refractivity contribution in [2.24, 2.45) is 0 Å². The van der Waals surface area contributed by atoms with Crippen LogP contribution in [0.5, 0.6) is 0 Å². The van der Waals surface area contributed by atoms with Gasteiger partial charge in [0.15, 0.2) is 0 Å². The van der Waals surface area contributed by atoms with E-state index in [-0.39, 0.29) is 5.54 Å². The molecular weight excluding hydrogens is 258 g/mol. The summed E-state index contributed by atoms with van der Waals surface area (Å²) in [5.74, 6) is 0. The van der Waals surface area contributed by atoms with E-state index in [0.29, 0.717) is 0 Å². The predicted octanol–water partition coefficient (Wildman–Crippen LogP) is 4.30. The Balaban J connectivity index is 2.35. The maximum Gasteiger partial charge on any atom is 0.0973 e. The second kappa shape index (κ2) is 6.50. The van der Waals surface area contributed by atoms with Gasteiger partial charge in [-0.2, -0.15) is 0 Å². The van der Waals surface area contributed by atoms with Gasteiger partial charge in [-0.1, -0.05) is 25.5 Å². The average molecular weight is 289 g/mol. The van der Waals surface area contributed by atoms with Gasteiger partial charge in [-0.3, -0.25) is 4.90 Å². The number of aryl methyl sites for hydroxylation is 3. The van der Waals surface area contributed by atoms with E-state index in [1.165, 1.54) is 36.0 Å². The first-order valence-electron chi connectivity index (χ1n) is 8.41. The predicted molar refractivity (Wildman–Crippen MR) is 89.7 cm³/mol. The molecule has 2 unspecified atom stereocenters. The van der Waals surface area contributed by atoms with Crippen molar-refractivity contribution in [2.75, 3.05) is 13.1 Å². The second-order valence-electron chi connectivity index (χ2n) is 6.95. The van der Waals surface area contributed by atoms with Crippen molar-refractivity contribution in [3.63, 3.8) is 0 Å². The lowest BCUT2D eigenvalue weighted by molar-refractivity contribution is -0.0355. The third kappa shape index (κ3) is 3.17. The van der Waals surface area contributed by atoms with Gasteiger partial charge in [0.1, 0.15) is 0 Å². The van der Waals surface area contributed by atoms with Gasteiger partial charge in [0.05, 0.1) is 6.10 Å². The molecule has 0 bridgehead atoms. The number of nitrogens with zero attached hydrogens (tertiary/aromatic N) is 1. The smallest absolute Gasteiger partial charge is 0.0973 e. The van der Waals surface area contributed by atoms with Gasteiger partial charge in [-0.25, -0.2) is 0 Å². The Kier molecular flexibility index (Phi) is 5.11. The normalized spacial score (nSPS) is 21.0. The number of benzene rings is 1. The summed E-state index contributed by atoms with van der Waals surface area (Å²) < 4.78 is 0. The van der Waals surface area contributed by atoms with Crippen LogP contribution in [-0.4, -0.2) is 28.6 Å². The summed E-state index contributed by atoms with van der Waals surface area (Å²) in [5.41, 5.74) is 4.73. The fraction of sp³-hybridized carbons (Fsp3) is 0.684. The monoisotopic (exact) mass is 289 g/mol. The molecule has 0 saturated carbocycles. The van der Waals surface area contributed by atoms with Gasteiger partial charge in [-0.15, -0.1) is 0 Å². The Morgan fingerprint density at radius 3 is 2.19 bits per heavy atom. The quantitative estimate of drug-likeness (QED) is 0.893. The average Bonchev–Trinajstić information content (AvgIpc) is 2.50. The second-order valence-corrected chi connectivity index (χ2v) is 6.95. The molecule has 0 radical (unpaired) electrons. The third-order valence-corrected chi connectivity index (χ3v) is 5.56. The standard InChI is InChI=1S/C19H31NO/c1-6-19(5,20-10-8-7-9-11-20)18(21)17-13-15(3)14(2)12-16(17)4/h12-13,18,21H,6-11H2,1-5H3. The summed E-state index contributed by atoms with van der Waals surface area (Å²) >= 11 is 0. The maximum atomic E-state index is 11.1. The molecule has 1 heterocycles. The molecule has 1 aromatic carbocycles. The molecular formula is C19H31NO. The van der Waals surface area contributed by atoms with Crippen molar-refractivity contribution in [1.29, 1.82) is 0 Å².